The summed E-state index contributed by atoms with van der Waals surface area (Å²) >= 11 is 0. The van der Waals surface area contributed by atoms with Crippen LogP contribution in [0.15, 0.2) is 24.3 Å². The van der Waals surface area contributed by atoms with Crippen LogP contribution in [-0.2, 0) is 0 Å². The van der Waals surface area contributed by atoms with Crippen molar-refractivity contribution in [1.29, 1.82) is 0 Å². The van der Waals surface area contributed by atoms with Crippen LogP contribution in [0.3, 0.4) is 0 Å². The summed E-state index contributed by atoms with van der Waals surface area (Å²) in [5.41, 5.74) is 0.478. The van der Waals surface area contributed by atoms with Gasteiger partial charge in [-0.2, -0.15) is 0 Å². The van der Waals surface area contributed by atoms with Gasteiger partial charge in [0.25, 0.3) is 0 Å². The highest BCUT2D eigenvalue weighted by Crippen LogP contribution is 2.12. The van der Waals surface area contributed by atoms with Crippen molar-refractivity contribution >= 4 is 0 Å². The van der Waals surface area contributed by atoms with E-state index in [1.165, 1.54) is 18.2 Å². The van der Waals surface area contributed by atoms with Crippen molar-refractivity contribution in [1.82, 2.24) is 5.32 Å². The normalized spacial score (nSPS) is 14.8. The van der Waals surface area contributed by atoms with Crippen LogP contribution in [0.4, 0.5) is 4.39 Å². The van der Waals surface area contributed by atoms with E-state index in [-0.39, 0.29) is 19.7 Å². The first-order chi connectivity index (χ1) is 7.63. The Hall–Kier alpha value is -1.01. The highest BCUT2D eigenvalue weighted by atomic mass is 19.1. The maximum absolute atomic E-state index is 12.8. The summed E-state index contributed by atoms with van der Waals surface area (Å²) in [5.74, 6) is -0.396. The number of halogens is 1. The van der Waals surface area contributed by atoms with E-state index in [0.717, 1.165) is 0 Å². The lowest BCUT2D eigenvalue weighted by molar-refractivity contribution is 0.0890. The molecule has 1 aromatic rings. The Balaban J connectivity index is 2.38. The van der Waals surface area contributed by atoms with Gasteiger partial charge < -0.3 is 20.6 Å². The van der Waals surface area contributed by atoms with Gasteiger partial charge in [-0.1, -0.05) is 12.1 Å². The van der Waals surface area contributed by atoms with Crippen LogP contribution in [0.25, 0.3) is 0 Å². The average Bonchev–Trinajstić information content (AvgIpc) is 2.28. The smallest absolute Gasteiger partial charge is 0.123 e. The lowest BCUT2D eigenvalue weighted by Gasteiger charge is -2.13. The Morgan fingerprint density at radius 1 is 1.25 bits per heavy atom. The van der Waals surface area contributed by atoms with E-state index in [1.54, 1.807) is 6.07 Å². The van der Waals surface area contributed by atoms with Gasteiger partial charge in [0.2, 0.25) is 0 Å². The first-order valence-electron chi connectivity index (χ1n) is 5.06. The zero-order valence-electron chi connectivity index (χ0n) is 8.81. The standard InChI is InChI=1S/C11H16FNO3/c12-9-3-1-2-8(4-9)11(16)6-13-5-10(15)7-14/h1-4,10-11,13-16H,5-7H2. The lowest BCUT2D eigenvalue weighted by atomic mass is 10.1. The predicted molar refractivity (Wildman–Crippen MR) is 57.3 cm³/mol. The van der Waals surface area contributed by atoms with Gasteiger partial charge in [0.05, 0.1) is 18.8 Å². The molecule has 90 valence electrons. The lowest BCUT2D eigenvalue weighted by Crippen LogP contribution is -2.32. The second-order valence-corrected chi connectivity index (χ2v) is 3.57. The molecule has 0 bridgehead atoms. The number of nitrogens with one attached hydrogen (secondary N) is 1. The van der Waals surface area contributed by atoms with Gasteiger partial charge in [-0.3, -0.25) is 0 Å². The molecule has 5 heteroatoms. The van der Waals surface area contributed by atoms with Gasteiger partial charge in [-0.25, -0.2) is 4.39 Å². The van der Waals surface area contributed by atoms with Crippen LogP contribution in [0.5, 0.6) is 0 Å². The highest BCUT2D eigenvalue weighted by Gasteiger charge is 2.08. The summed E-state index contributed by atoms with van der Waals surface area (Å²) in [6.45, 7) is 0.0481. The molecule has 0 aliphatic carbocycles. The van der Waals surface area contributed by atoms with Gasteiger partial charge in [0.15, 0.2) is 0 Å². The van der Waals surface area contributed by atoms with Gasteiger partial charge >= 0.3 is 0 Å². The van der Waals surface area contributed by atoms with Crippen LogP contribution in [0, 0.1) is 5.82 Å². The first kappa shape index (κ1) is 13.1. The first-order valence-corrected chi connectivity index (χ1v) is 5.06. The van der Waals surface area contributed by atoms with Crippen LogP contribution < -0.4 is 5.32 Å². The minimum absolute atomic E-state index is 0.183. The van der Waals surface area contributed by atoms with Crippen LogP contribution in [-0.4, -0.2) is 41.1 Å². The maximum Gasteiger partial charge on any atom is 0.123 e. The Bertz CT molecular complexity index is 322. The fraction of sp³-hybridized carbons (Fsp3) is 0.455. The van der Waals surface area contributed by atoms with Crippen molar-refractivity contribution < 1.29 is 19.7 Å². The monoisotopic (exact) mass is 229 g/mol. The van der Waals surface area contributed by atoms with E-state index < -0.39 is 18.0 Å². The van der Waals surface area contributed by atoms with E-state index in [9.17, 15) is 9.50 Å². The molecule has 0 saturated carbocycles. The van der Waals surface area contributed by atoms with Crippen molar-refractivity contribution in [2.24, 2.45) is 0 Å². The summed E-state index contributed by atoms with van der Waals surface area (Å²) in [4.78, 5) is 0. The molecule has 1 aromatic carbocycles. The second kappa shape index (κ2) is 6.55. The largest absolute Gasteiger partial charge is 0.394 e. The molecule has 2 unspecified atom stereocenters. The Kier molecular flexibility index (Phi) is 5.34. The van der Waals surface area contributed by atoms with Crippen molar-refractivity contribution in [3.8, 4) is 0 Å². The topological polar surface area (TPSA) is 72.7 Å². The average molecular weight is 229 g/mol. The van der Waals surface area contributed by atoms with Crippen molar-refractivity contribution in [2.75, 3.05) is 19.7 Å². The molecule has 4 nitrogen and oxygen atoms in total. The molecule has 0 radical (unpaired) electrons. The number of aliphatic hydroxyl groups excluding tert-OH is 3. The van der Waals surface area contributed by atoms with Gasteiger partial charge in [-0.15, -0.1) is 0 Å². The Labute approximate surface area is 93.4 Å². The Morgan fingerprint density at radius 3 is 2.62 bits per heavy atom. The van der Waals surface area contributed by atoms with Crippen molar-refractivity contribution in [2.45, 2.75) is 12.2 Å². The van der Waals surface area contributed by atoms with Gasteiger partial charge in [0.1, 0.15) is 5.82 Å². The maximum atomic E-state index is 12.8. The van der Waals surface area contributed by atoms with Gasteiger partial charge in [0, 0.05) is 13.1 Å². The molecular formula is C11H16FNO3. The number of hydrogen-bond donors (Lipinski definition) is 4. The molecule has 1 rings (SSSR count). The molecule has 0 fully saturated rings. The van der Waals surface area contributed by atoms with E-state index in [2.05, 4.69) is 5.32 Å². The molecule has 0 aromatic heterocycles. The minimum Gasteiger partial charge on any atom is -0.394 e. The van der Waals surface area contributed by atoms with Gasteiger partial charge in [-0.05, 0) is 17.7 Å². The van der Waals surface area contributed by atoms with E-state index in [1.807, 2.05) is 0 Å². The summed E-state index contributed by atoms with van der Waals surface area (Å²) in [7, 11) is 0. The van der Waals surface area contributed by atoms with Crippen molar-refractivity contribution in [3.05, 3.63) is 35.6 Å². The molecule has 4 N–H and O–H groups in total. The Morgan fingerprint density at radius 2 is 2.00 bits per heavy atom. The third kappa shape index (κ3) is 4.24. The summed E-state index contributed by atoms with van der Waals surface area (Å²) in [6, 6.07) is 5.71. The third-order valence-electron chi connectivity index (χ3n) is 2.16. The quantitative estimate of drug-likeness (QED) is 0.545. The number of rotatable bonds is 6. The minimum atomic E-state index is -0.847. The number of hydrogen-bond acceptors (Lipinski definition) is 4. The summed E-state index contributed by atoms with van der Waals surface area (Å²) in [6.07, 6.45) is -1.68. The molecule has 16 heavy (non-hydrogen) atoms. The SMILES string of the molecule is OCC(O)CNCC(O)c1cccc(F)c1. The zero-order chi connectivity index (χ0) is 12.0. The summed E-state index contributed by atoms with van der Waals surface area (Å²) < 4.78 is 12.8. The van der Waals surface area contributed by atoms with E-state index >= 15 is 0 Å². The summed E-state index contributed by atoms with van der Waals surface area (Å²) in [5, 5.41) is 30.0. The van der Waals surface area contributed by atoms with E-state index in [0.29, 0.717) is 5.56 Å². The van der Waals surface area contributed by atoms with Crippen LogP contribution in [0.2, 0.25) is 0 Å². The molecule has 2 atom stereocenters. The van der Waals surface area contributed by atoms with Crippen LogP contribution in [0.1, 0.15) is 11.7 Å². The highest BCUT2D eigenvalue weighted by molar-refractivity contribution is 5.18. The zero-order valence-corrected chi connectivity index (χ0v) is 8.81. The molecule has 0 amide bonds. The number of benzene rings is 1. The molecular weight excluding hydrogens is 213 g/mol. The molecule has 0 aliphatic heterocycles. The molecule has 0 spiro atoms. The van der Waals surface area contributed by atoms with Crippen LogP contribution >= 0.6 is 0 Å². The van der Waals surface area contributed by atoms with E-state index in [4.69, 9.17) is 10.2 Å². The predicted octanol–water partition coefficient (Wildman–Crippen LogP) is -0.198. The van der Waals surface area contributed by atoms with Crippen molar-refractivity contribution in [3.63, 3.8) is 0 Å². The molecule has 0 heterocycles. The molecule has 0 saturated heterocycles. The second-order valence-electron chi connectivity index (χ2n) is 3.57. The third-order valence-corrected chi connectivity index (χ3v) is 2.16. The molecule has 0 aliphatic rings. The number of aliphatic hydroxyl groups is 3. The fourth-order valence-corrected chi connectivity index (χ4v) is 1.28. The fourth-order valence-electron chi connectivity index (χ4n) is 1.28.